The van der Waals surface area contributed by atoms with E-state index in [2.05, 4.69) is 43.5 Å². The normalized spacial score (nSPS) is 19.0. The van der Waals surface area contributed by atoms with Crippen molar-refractivity contribution < 1.29 is 4.74 Å². The average molecular weight is 431 g/mol. The number of nitrogens with zero attached hydrogens (tertiary/aromatic N) is 7. The number of likely N-dealkylation sites (N-methyl/N-ethyl adjacent to an activating group) is 1. The van der Waals surface area contributed by atoms with Gasteiger partial charge in [-0.15, -0.1) is 0 Å². The lowest BCUT2D eigenvalue weighted by Crippen LogP contribution is -2.21. The molecule has 1 aliphatic heterocycles. The van der Waals surface area contributed by atoms with Crippen LogP contribution in [0.3, 0.4) is 0 Å². The summed E-state index contributed by atoms with van der Waals surface area (Å²) in [5.74, 6) is 3.77. The van der Waals surface area contributed by atoms with E-state index < -0.39 is 0 Å². The Hall–Kier alpha value is -3.46. The van der Waals surface area contributed by atoms with Crippen LogP contribution in [-0.2, 0) is 7.05 Å². The molecule has 164 valence electrons. The maximum absolute atomic E-state index is 6.31. The van der Waals surface area contributed by atoms with E-state index in [1.54, 1.807) is 0 Å². The smallest absolute Gasteiger partial charge is 0.165 e. The molecule has 4 aromatic rings. The van der Waals surface area contributed by atoms with Crippen molar-refractivity contribution in [3.63, 3.8) is 0 Å². The first-order valence-electron chi connectivity index (χ1n) is 11.1. The standard InChI is InChI=1S/C23H26N8O/c1-29-9-7-18(14-29)32-19-13-25-30(2)22(19)16-6-10-31-17(11-16)12-21(28-31)26-20-5-8-24-23(27-20)15-3-4-15/h5-6,8,10-13,15,18H,3-4,7,9,14H2,1-2H3,(H,24,26,27,28)/t18-/m0/s1. The van der Waals surface area contributed by atoms with Crippen molar-refractivity contribution in [2.24, 2.45) is 7.05 Å². The number of hydrogen-bond donors (Lipinski definition) is 1. The summed E-state index contributed by atoms with van der Waals surface area (Å²) in [6, 6.07) is 8.05. The lowest BCUT2D eigenvalue weighted by molar-refractivity contribution is 0.209. The maximum Gasteiger partial charge on any atom is 0.165 e. The van der Waals surface area contributed by atoms with Crippen molar-refractivity contribution in [3.05, 3.63) is 48.7 Å². The van der Waals surface area contributed by atoms with E-state index in [-0.39, 0.29) is 6.10 Å². The molecular weight excluding hydrogens is 404 g/mol. The van der Waals surface area contributed by atoms with E-state index in [9.17, 15) is 0 Å². The highest BCUT2D eigenvalue weighted by Crippen LogP contribution is 2.38. The van der Waals surface area contributed by atoms with Gasteiger partial charge in [0.2, 0.25) is 0 Å². The number of ether oxygens (including phenoxy) is 1. The molecule has 2 fully saturated rings. The van der Waals surface area contributed by atoms with Crippen LogP contribution >= 0.6 is 0 Å². The molecule has 9 heteroatoms. The summed E-state index contributed by atoms with van der Waals surface area (Å²) in [5, 5.41) is 12.4. The first-order chi connectivity index (χ1) is 15.6. The lowest BCUT2D eigenvalue weighted by Gasteiger charge is -2.14. The number of fused-ring (bicyclic) bond motifs is 1. The molecule has 1 saturated heterocycles. The predicted octanol–water partition coefficient (Wildman–Crippen LogP) is 3.23. The summed E-state index contributed by atoms with van der Waals surface area (Å²) in [5.41, 5.74) is 3.00. The van der Waals surface area contributed by atoms with Gasteiger partial charge in [-0.1, -0.05) is 0 Å². The van der Waals surface area contributed by atoms with Crippen LogP contribution in [0.5, 0.6) is 5.75 Å². The second kappa shape index (κ2) is 7.59. The zero-order chi connectivity index (χ0) is 21.7. The van der Waals surface area contributed by atoms with Gasteiger partial charge in [0.05, 0.1) is 11.7 Å². The molecular formula is C23H26N8O. The van der Waals surface area contributed by atoms with Crippen molar-refractivity contribution in [2.75, 3.05) is 25.5 Å². The molecule has 0 spiro atoms. The first-order valence-corrected chi connectivity index (χ1v) is 11.1. The molecule has 1 saturated carbocycles. The molecule has 6 rings (SSSR count). The Balaban J connectivity index is 1.27. The molecule has 1 aliphatic carbocycles. The predicted molar refractivity (Wildman–Crippen MR) is 121 cm³/mol. The molecule has 32 heavy (non-hydrogen) atoms. The van der Waals surface area contributed by atoms with E-state index in [1.165, 1.54) is 12.8 Å². The maximum atomic E-state index is 6.31. The first kappa shape index (κ1) is 19.2. The number of hydrogen-bond acceptors (Lipinski definition) is 7. The summed E-state index contributed by atoms with van der Waals surface area (Å²) in [6.07, 6.45) is 9.18. The minimum absolute atomic E-state index is 0.200. The fraction of sp³-hybridized carbons (Fsp3) is 0.391. The topological polar surface area (TPSA) is 85.4 Å². The van der Waals surface area contributed by atoms with Crippen LogP contribution in [0.4, 0.5) is 11.6 Å². The third-order valence-electron chi connectivity index (χ3n) is 6.16. The Morgan fingerprint density at radius 3 is 2.81 bits per heavy atom. The van der Waals surface area contributed by atoms with Crippen LogP contribution in [0.25, 0.3) is 16.8 Å². The fourth-order valence-electron chi connectivity index (χ4n) is 4.32. The van der Waals surface area contributed by atoms with E-state index in [0.29, 0.717) is 5.92 Å². The Bertz CT molecular complexity index is 1270. The number of nitrogens with one attached hydrogen (secondary N) is 1. The fourth-order valence-corrected chi connectivity index (χ4v) is 4.32. The highest BCUT2D eigenvalue weighted by atomic mass is 16.5. The van der Waals surface area contributed by atoms with E-state index >= 15 is 0 Å². The SMILES string of the molecule is CN1CC[C@H](Oc2cnn(C)c2-c2ccn3nc(Nc4ccnc(C5CC5)n4)cc3c2)C1. The Kier molecular flexibility index (Phi) is 4.57. The summed E-state index contributed by atoms with van der Waals surface area (Å²) >= 11 is 0. The Morgan fingerprint density at radius 2 is 2.00 bits per heavy atom. The van der Waals surface area contributed by atoms with E-state index in [4.69, 9.17) is 4.74 Å². The van der Waals surface area contributed by atoms with E-state index in [1.807, 2.05) is 53.0 Å². The molecule has 0 bridgehead atoms. The third kappa shape index (κ3) is 3.69. The minimum atomic E-state index is 0.200. The van der Waals surface area contributed by atoms with Gasteiger partial charge >= 0.3 is 0 Å². The molecule has 0 aromatic carbocycles. The van der Waals surface area contributed by atoms with Gasteiger partial charge in [-0.25, -0.2) is 14.5 Å². The summed E-state index contributed by atoms with van der Waals surface area (Å²) in [4.78, 5) is 11.3. The molecule has 0 radical (unpaired) electrons. The zero-order valence-electron chi connectivity index (χ0n) is 18.3. The highest BCUT2D eigenvalue weighted by Gasteiger charge is 2.26. The molecule has 2 aliphatic rings. The summed E-state index contributed by atoms with van der Waals surface area (Å²) in [7, 11) is 4.07. The minimum Gasteiger partial charge on any atom is -0.485 e. The monoisotopic (exact) mass is 430 g/mol. The quantitative estimate of drug-likeness (QED) is 0.503. The second-order valence-corrected chi connectivity index (χ2v) is 8.79. The molecule has 1 atom stereocenters. The highest BCUT2D eigenvalue weighted by molar-refractivity contribution is 5.72. The number of aromatic nitrogens is 6. The molecule has 4 aromatic heterocycles. The molecule has 9 nitrogen and oxygen atoms in total. The van der Waals surface area contributed by atoms with Gasteiger partial charge < -0.3 is 15.0 Å². The van der Waals surface area contributed by atoms with E-state index in [0.717, 1.165) is 59.5 Å². The van der Waals surface area contributed by atoms with Crippen molar-refractivity contribution in [2.45, 2.75) is 31.3 Å². The van der Waals surface area contributed by atoms with Crippen LogP contribution in [0.1, 0.15) is 31.0 Å². The number of pyridine rings is 1. The van der Waals surface area contributed by atoms with Crippen molar-refractivity contribution in [3.8, 4) is 17.0 Å². The summed E-state index contributed by atoms with van der Waals surface area (Å²) in [6.45, 7) is 2.00. The van der Waals surface area contributed by atoms with Crippen LogP contribution in [0.15, 0.2) is 42.9 Å². The van der Waals surface area contributed by atoms with Crippen LogP contribution in [0, 0.1) is 0 Å². The zero-order valence-corrected chi connectivity index (χ0v) is 18.3. The van der Waals surface area contributed by atoms with Crippen molar-refractivity contribution in [1.82, 2.24) is 34.3 Å². The number of rotatable bonds is 6. The number of likely N-dealkylation sites (tertiary alicyclic amines) is 1. The summed E-state index contributed by atoms with van der Waals surface area (Å²) < 4.78 is 10.0. The molecule has 1 N–H and O–H groups in total. The molecule has 0 amide bonds. The number of aryl methyl sites for hydroxylation is 1. The number of anilines is 2. The second-order valence-electron chi connectivity index (χ2n) is 8.79. The van der Waals surface area contributed by atoms with Gasteiger partial charge in [0, 0.05) is 50.1 Å². The largest absolute Gasteiger partial charge is 0.485 e. The van der Waals surface area contributed by atoms with Gasteiger partial charge in [0.25, 0.3) is 0 Å². The molecule has 5 heterocycles. The Morgan fingerprint density at radius 1 is 1.09 bits per heavy atom. The van der Waals surface area contributed by atoms with Gasteiger partial charge in [-0.3, -0.25) is 4.68 Å². The van der Waals surface area contributed by atoms with Crippen LogP contribution < -0.4 is 10.1 Å². The average Bonchev–Trinajstić information content (AvgIpc) is 3.30. The van der Waals surface area contributed by atoms with Gasteiger partial charge in [-0.05, 0) is 44.5 Å². The van der Waals surface area contributed by atoms with Gasteiger partial charge in [0.15, 0.2) is 11.6 Å². The van der Waals surface area contributed by atoms with Crippen molar-refractivity contribution >= 4 is 17.2 Å². The molecule has 0 unspecified atom stereocenters. The van der Waals surface area contributed by atoms with Gasteiger partial charge in [0.1, 0.15) is 23.4 Å². The van der Waals surface area contributed by atoms with Crippen molar-refractivity contribution in [1.29, 1.82) is 0 Å². The van der Waals surface area contributed by atoms with Crippen LogP contribution in [-0.4, -0.2) is 60.5 Å². The third-order valence-corrected chi connectivity index (χ3v) is 6.16. The lowest BCUT2D eigenvalue weighted by atomic mass is 10.1. The van der Waals surface area contributed by atoms with Gasteiger partial charge in [-0.2, -0.15) is 10.2 Å². The Labute approximate surface area is 186 Å². The van der Waals surface area contributed by atoms with Crippen LogP contribution in [0.2, 0.25) is 0 Å².